The fourth-order valence-corrected chi connectivity index (χ4v) is 2.62. The molecule has 4 nitrogen and oxygen atoms in total. The topological polar surface area (TPSA) is 57.3 Å². The number of benzene rings is 2. The van der Waals surface area contributed by atoms with Gasteiger partial charge >= 0.3 is 0 Å². The minimum Gasteiger partial charge on any atom is -0.489 e. The van der Waals surface area contributed by atoms with Gasteiger partial charge in [-0.1, -0.05) is 30.3 Å². The number of aliphatic hydroxyl groups is 1. The summed E-state index contributed by atoms with van der Waals surface area (Å²) in [6, 6.07) is 16.3. The van der Waals surface area contributed by atoms with Crippen LogP contribution in [0.2, 0.25) is 0 Å². The molecule has 0 amide bonds. The Hall–Kier alpha value is -2.01. The van der Waals surface area contributed by atoms with Crippen molar-refractivity contribution in [3.8, 4) is 5.75 Å². The van der Waals surface area contributed by atoms with Gasteiger partial charge < -0.3 is 20.1 Å². The van der Waals surface area contributed by atoms with Gasteiger partial charge in [-0.2, -0.15) is 0 Å². The van der Waals surface area contributed by atoms with E-state index in [4.69, 9.17) is 9.84 Å². The summed E-state index contributed by atoms with van der Waals surface area (Å²) in [6.07, 6.45) is 2.97. The molecule has 3 N–H and O–H groups in total. The van der Waals surface area contributed by atoms with Crippen LogP contribution in [0.3, 0.4) is 0 Å². The lowest BCUT2D eigenvalue weighted by atomic mass is 10.1. The molecule has 0 fully saturated rings. The van der Waals surface area contributed by atoms with Crippen LogP contribution >= 0.6 is 12.4 Å². The van der Waals surface area contributed by atoms with Gasteiger partial charge in [0, 0.05) is 23.6 Å². The Bertz CT molecular complexity index is 743. The van der Waals surface area contributed by atoms with Crippen molar-refractivity contribution in [3.63, 3.8) is 0 Å². The number of rotatable bonds is 8. The summed E-state index contributed by atoms with van der Waals surface area (Å²) in [6.45, 7) is 2.23. The Labute approximate surface area is 148 Å². The highest BCUT2D eigenvalue weighted by molar-refractivity contribution is 5.85. The summed E-state index contributed by atoms with van der Waals surface area (Å²) < 4.78 is 5.91. The molecule has 0 unspecified atom stereocenters. The van der Waals surface area contributed by atoms with Gasteiger partial charge in [-0.05, 0) is 42.3 Å². The van der Waals surface area contributed by atoms with E-state index in [-0.39, 0.29) is 19.0 Å². The van der Waals surface area contributed by atoms with Crippen molar-refractivity contribution in [2.75, 3.05) is 19.7 Å². The van der Waals surface area contributed by atoms with Gasteiger partial charge in [0.1, 0.15) is 12.4 Å². The summed E-state index contributed by atoms with van der Waals surface area (Å²) in [5, 5.41) is 13.2. The monoisotopic (exact) mass is 346 g/mol. The first-order valence-corrected chi connectivity index (χ1v) is 7.95. The van der Waals surface area contributed by atoms with Crippen LogP contribution < -0.4 is 10.1 Å². The predicted octanol–water partition coefficient (Wildman–Crippen LogP) is 3.29. The number of H-pyrrole nitrogens is 1. The number of hydrogen-bond donors (Lipinski definition) is 3. The third kappa shape index (κ3) is 4.74. The van der Waals surface area contributed by atoms with Crippen LogP contribution in [-0.2, 0) is 13.0 Å². The molecule has 0 spiro atoms. The Balaban J connectivity index is 0.00000208. The Morgan fingerprint density at radius 1 is 1.04 bits per heavy atom. The molecule has 3 aromatic rings. The molecule has 0 aliphatic carbocycles. The first-order valence-electron chi connectivity index (χ1n) is 7.95. The maximum atomic E-state index is 8.80. The normalized spacial score (nSPS) is 10.5. The van der Waals surface area contributed by atoms with Gasteiger partial charge in [-0.25, -0.2) is 0 Å². The SMILES string of the molecule is Cl.OCCNCCc1c[nH]c2ccc(OCc3ccccc3)cc12. The molecule has 24 heavy (non-hydrogen) atoms. The zero-order valence-corrected chi connectivity index (χ0v) is 14.3. The largest absolute Gasteiger partial charge is 0.489 e. The number of hydrogen-bond acceptors (Lipinski definition) is 3. The lowest BCUT2D eigenvalue weighted by Gasteiger charge is -2.07. The van der Waals surface area contributed by atoms with Crippen LogP contribution in [0.25, 0.3) is 10.9 Å². The molecular formula is C19H23ClN2O2. The second-order valence-electron chi connectivity index (χ2n) is 5.52. The highest BCUT2D eigenvalue weighted by Crippen LogP contribution is 2.24. The van der Waals surface area contributed by atoms with Crippen molar-refractivity contribution in [1.82, 2.24) is 10.3 Å². The Morgan fingerprint density at radius 3 is 2.67 bits per heavy atom. The first-order chi connectivity index (χ1) is 11.4. The summed E-state index contributed by atoms with van der Waals surface area (Å²) in [4.78, 5) is 3.30. The molecule has 1 heterocycles. The minimum atomic E-state index is 0. The van der Waals surface area contributed by atoms with Crippen molar-refractivity contribution in [2.24, 2.45) is 0 Å². The van der Waals surface area contributed by atoms with E-state index in [0.29, 0.717) is 13.2 Å². The molecule has 0 saturated heterocycles. The number of aliphatic hydroxyl groups excluding tert-OH is 1. The lowest BCUT2D eigenvalue weighted by molar-refractivity contribution is 0.293. The summed E-state index contributed by atoms with van der Waals surface area (Å²) >= 11 is 0. The number of nitrogens with one attached hydrogen (secondary N) is 2. The zero-order valence-electron chi connectivity index (χ0n) is 13.5. The van der Waals surface area contributed by atoms with E-state index in [9.17, 15) is 0 Å². The molecule has 0 atom stereocenters. The van der Waals surface area contributed by atoms with Crippen LogP contribution in [-0.4, -0.2) is 29.8 Å². The van der Waals surface area contributed by atoms with E-state index in [1.54, 1.807) is 0 Å². The van der Waals surface area contributed by atoms with Gasteiger partial charge in [0.15, 0.2) is 0 Å². The average Bonchev–Trinajstić information content (AvgIpc) is 3.00. The van der Waals surface area contributed by atoms with Crippen LogP contribution in [0.5, 0.6) is 5.75 Å². The molecule has 0 aliphatic rings. The highest BCUT2D eigenvalue weighted by Gasteiger charge is 2.05. The van der Waals surface area contributed by atoms with Crippen molar-refractivity contribution in [3.05, 3.63) is 65.9 Å². The molecule has 5 heteroatoms. The van der Waals surface area contributed by atoms with Crippen LogP contribution in [0.4, 0.5) is 0 Å². The van der Waals surface area contributed by atoms with Gasteiger partial charge in [0.2, 0.25) is 0 Å². The third-order valence-electron chi connectivity index (χ3n) is 3.85. The van der Waals surface area contributed by atoms with Crippen LogP contribution in [0, 0.1) is 0 Å². The number of halogens is 1. The van der Waals surface area contributed by atoms with E-state index in [2.05, 4.69) is 34.6 Å². The molecule has 0 bridgehead atoms. The standard InChI is InChI=1S/C19H22N2O2.ClH/c22-11-10-20-9-8-16-13-21-19-7-6-17(12-18(16)19)23-14-15-4-2-1-3-5-15;/h1-7,12-13,20-22H,8-11,14H2;1H. The van der Waals surface area contributed by atoms with Crippen molar-refractivity contribution >= 4 is 23.3 Å². The van der Waals surface area contributed by atoms with E-state index < -0.39 is 0 Å². The quantitative estimate of drug-likeness (QED) is 0.548. The summed E-state index contributed by atoms with van der Waals surface area (Å²) in [5.74, 6) is 0.880. The third-order valence-corrected chi connectivity index (χ3v) is 3.85. The van der Waals surface area contributed by atoms with E-state index in [1.807, 2.05) is 30.5 Å². The fraction of sp³-hybridized carbons (Fsp3) is 0.263. The summed E-state index contributed by atoms with van der Waals surface area (Å²) in [7, 11) is 0. The van der Waals surface area contributed by atoms with Crippen molar-refractivity contribution < 1.29 is 9.84 Å². The second kappa shape index (κ2) is 9.33. The molecule has 2 aromatic carbocycles. The van der Waals surface area contributed by atoms with E-state index in [1.165, 1.54) is 10.9 Å². The minimum absolute atomic E-state index is 0. The zero-order chi connectivity index (χ0) is 15.9. The van der Waals surface area contributed by atoms with Gasteiger partial charge in [-0.15, -0.1) is 12.4 Å². The number of aromatic nitrogens is 1. The molecule has 0 radical (unpaired) electrons. The Morgan fingerprint density at radius 2 is 1.88 bits per heavy atom. The van der Waals surface area contributed by atoms with Crippen molar-refractivity contribution in [2.45, 2.75) is 13.0 Å². The number of aromatic amines is 1. The first kappa shape index (κ1) is 18.3. The average molecular weight is 347 g/mol. The van der Waals surface area contributed by atoms with Gasteiger partial charge in [0.25, 0.3) is 0 Å². The Kier molecular flexibility index (Phi) is 7.12. The van der Waals surface area contributed by atoms with E-state index >= 15 is 0 Å². The maximum absolute atomic E-state index is 8.80. The molecular weight excluding hydrogens is 324 g/mol. The fourth-order valence-electron chi connectivity index (χ4n) is 2.62. The predicted molar refractivity (Wildman–Crippen MR) is 100.0 cm³/mol. The molecule has 0 aliphatic heterocycles. The van der Waals surface area contributed by atoms with Crippen molar-refractivity contribution in [1.29, 1.82) is 0 Å². The lowest BCUT2D eigenvalue weighted by Crippen LogP contribution is -2.20. The smallest absolute Gasteiger partial charge is 0.120 e. The van der Waals surface area contributed by atoms with Crippen LogP contribution in [0.1, 0.15) is 11.1 Å². The second-order valence-corrected chi connectivity index (χ2v) is 5.52. The van der Waals surface area contributed by atoms with Crippen LogP contribution in [0.15, 0.2) is 54.7 Å². The maximum Gasteiger partial charge on any atom is 0.120 e. The highest BCUT2D eigenvalue weighted by atomic mass is 35.5. The number of ether oxygens (including phenoxy) is 1. The molecule has 128 valence electrons. The molecule has 1 aromatic heterocycles. The summed E-state index contributed by atoms with van der Waals surface area (Å²) in [5.41, 5.74) is 3.54. The number of fused-ring (bicyclic) bond motifs is 1. The van der Waals surface area contributed by atoms with Gasteiger partial charge in [-0.3, -0.25) is 0 Å². The van der Waals surface area contributed by atoms with E-state index in [0.717, 1.165) is 29.8 Å². The molecule has 0 saturated carbocycles. The van der Waals surface area contributed by atoms with Gasteiger partial charge in [0.05, 0.1) is 6.61 Å². The molecule has 3 rings (SSSR count).